The number of nitrogens with two attached hydrogens (primary N) is 1. The van der Waals surface area contributed by atoms with Crippen molar-refractivity contribution in [1.29, 1.82) is 0 Å². The Morgan fingerprint density at radius 2 is 2.44 bits per heavy atom. The van der Waals surface area contributed by atoms with Gasteiger partial charge in [0.05, 0.1) is 4.92 Å². The molecule has 7 heteroatoms. The molecule has 6 nitrogen and oxygen atoms in total. The van der Waals surface area contributed by atoms with E-state index >= 15 is 0 Å². The summed E-state index contributed by atoms with van der Waals surface area (Å²) in [4.78, 5) is 15.1. The summed E-state index contributed by atoms with van der Waals surface area (Å²) in [7, 11) is 1.66. The molecule has 0 unspecified atom stereocenters. The number of hydrogen-bond donors (Lipinski definition) is 1. The maximum Gasteiger partial charge on any atom is 0.274 e. The lowest BCUT2D eigenvalue weighted by Crippen LogP contribution is -2.24. The highest BCUT2D eigenvalue weighted by atomic mass is 35.5. The molecule has 0 atom stereocenters. The second-order valence-electron chi connectivity index (χ2n) is 3.18. The zero-order valence-corrected chi connectivity index (χ0v) is 9.39. The van der Waals surface area contributed by atoms with E-state index in [2.05, 4.69) is 4.98 Å². The van der Waals surface area contributed by atoms with Crippen LogP contribution in [0.5, 0.6) is 0 Å². The molecule has 0 spiro atoms. The summed E-state index contributed by atoms with van der Waals surface area (Å²) < 4.78 is 0. The van der Waals surface area contributed by atoms with E-state index in [1.165, 1.54) is 0 Å². The second kappa shape index (κ2) is 5.32. The van der Waals surface area contributed by atoms with Crippen LogP contribution in [0.25, 0.3) is 0 Å². The van der Waals surface area contributed by atoms with Crippen molar-refractivity contribution in [3.63, 3.8) is 0 Å². The van der Waals surface area contributed by atoms with Crippen molar-refractivity contribution in [2.24, 2.45) is 5.73 Å². The Morgan fingerprint density at radius 1 is 1.75 bits per heavy atom. The first-order chi connectivity index (χ1) is 7.49. The zero-order valence-electron chi connectivity index (χ0n) is 8.63. The zero-order chi connectivity index (χ0) is 12.1. The van der Waals surface area contributed by atoms with Crippen LogP contribution < -0.4 is 5.73 Å². The molecule has 0 saturated carbocycles. The molecule has 0 fully saturated rings. The first-order valence-electron chi connectivity index (χ1n) is 4.41. The Bertz CT molecular complexity index is 404. The number of nitrogens with zero attached hydrogens (tertiary/aromatic N) is 3. The normalized spacial score (nSPS) is 11.2. The molecule has 1 rings (SSSR count). The summed E-state index contributed by atoms with van der Waals surface area (Å²) in [6.45, 7) is 0.431. The van der Waals surface area contributed by atoms with E-state index < -0.39 is 4.92 Å². The van der Waals surface area contributed by atoms with E-state index in [1.807, 2.05) is 0 Å². The molecule has 86 valence electrons. The van der Waals surface area contributed by atoms with Gasteiger partial charge < -0.3 is 10.6 Å². The lowest BCUT2D eigenvalue weighted by molar-refractivity contribution is -0.404. The highest BCUT2D eigenvalue weighted by Crippen LogP contribution is 2.08. The topological polar surface area (TPSA) is 85.3 Å². The molecule has 2 N–H and O–H groups in total. The van der Waals surface area contributed by atoms with Crippen LogP contribution >= 0.6 is 11.6 Å². The first kappa shape index (κ1) is 12.3. The van der Waals surface area contributed by atoms with E-state index in [9.17, 15) is 10.1 Å². The molecule has 0 bridgehead atoms. The summed E-state index contributed by atoms with van der Waals surface area (Å²) in [6, 6.07) is 3.43. The van der Waals surface area contributed by atoms with Crippen molar-refractivity contribution < 1.29 is 4.92 Å². The van der Waals surface area contributed by atoms with E-state index in [1.54, 1.807) is 30.3 Å². The fourth-order valence-corrected chi connectivity index (χ4v) is 1.18. The van der Waals surface area contributed by atoms with Gasteiger partial charge in [0.25, 0.3) is 6.20 Å². The maximum absolute atomic E-state index is 10.2. The van der Waals surface area contributed by atoms with Gasteiger partial charge in [-0.05, 0) is 11.6 Å². The van der Waals surface area contributed by atoms with Crippen molar-refractivity contribution in [2.75, 3.05) is 7.05 Å². The largest absolute Gasteiger partial charge is 0.380 e. The van der Waals surface area contributed by atoms with Crippen LogP contribution in [0.1, 0.15) is 5.56 Å². The smallest absolute Gasteiger partial charge is 0.274 e. The molecular weight excluding hydrogens is 232 g/mol. The van der Waals surface area contributed by atoms with E-state index in [0.717, 1.165) is 11.8 Å². The average molecular weight is 243 g/mol. The minimum absolute atomic E-state index is 0.0833. The number of aromatic nitrogens is 1. The quantitative estimate of drug-likeness (QED) is 0.487. The molecule has 0 amide bonds. The van der Waals surface area contributed by atoms with Gasteiger partial charge in [0.2, 0.25) is 0 Å². The average Bonchev–Trinajstić information content (AvgIpc) is 2.20. The highest BCUT2D eigenvalue weighted by Gasteiger charge is 2.05. The van der Waals surface area contributed by atoms with Crippen LogP contribution in [0.4, 0.5) is 0 Å². The molecule has 0 aliphatic rings. The lowest BCUT2D eigenvalue weighted by atomic mass is 10.3. The third kappa shape index (κ3) is 3.74. The van der Waals surface area contributed by atoms with E-state index in [0.29, 0.717) is 11.7 Å². The number of nitro groups is 1. The van der Waals surface area contributed by atoms with Gasteiger partial charge in [-0.2, -0.15) is 0 Å². The summed E-state index contributed by atoms with van der Waals surface area (Å²) in [5, 5.41) is 10.6. The van der Waals surface area contributed by atoms with Crippen molar-refractivity contribution >= 4 is 11.6 Å². The van der Waals surface area contributed by atoms with Gasteiger partial charge in [-0.25, -0.2) is 4.98 Å². The monoisotopic (exact) mass is 242 g/mol. The summed E-state index contributed by atoms with van der Waals surface area (Å²) in [5.74, 6) is 0.0833. The Labute approximate surface area is 97.5 Å². The van der Waals surface area contributed by atoms with Crippen LogP contribution in [0, 0.1) is 10.1 Å². The van der Waals surface area contributed by atoms with Gasteiger partial charge in [0, 0.05) is 19.8 Å². The highest BCUT2D eigenvalue weighted by molar-refractivity contribution is 6.29. The Hall–Kier alpha value is -1.82. The van der Waals surface area contributed by atoms with Crippen molar-refractivity contribution in [2.45, 2.75) is 6.54 Å². The molecule has 0 saturated heterocycles. The third-order valence-corrected chi connectivity index (χ3v) is 2.11. The van der Waals surface area contributed by atoms with Gasteiger partial charge in [-0.1, -0.05) is 17.7 Å². The Balaban J connectivity index is 2.67. The SMILES string of the molecule is CN(Cc1ccc(Cl)nc1)C(N)=C[N+](=O)[O-]. The van der Waals surface area contributed by atoms with Gasteiger partial charge in [0.1, 0.15) is 5.15 Å². The fourth-order valence-electron chi connectivity index (χ4n) is 1.07. The summed E-state index contributed by atoms with van der Waals surface area (Å²) in [6.07, 6.45) is 2.35. The van der Waals surface area contributed by atoms with Crippen molar-refractivity contribution in [1.82, 2.24) is 9.88 Å². The lowest BCUT2D eigenvalue weighted by Gasteiger charge is -2.16. The molecule has 16 heavy (non-hydrogen) atoms. The standard InChI is InChI=1S/C9H11ClN4O2/c1-13(9(11)6-14(15)16)5-7-2-3-8(10)12-4-7/h2-4,6H,5,11H2,1H3. The third-order valence-electron chi connectivity index (χ3n) is 1.89. The maximum atomic E-state index is 10.2. The molecule has 0 aromatic carbocycles. The predicted molar refractivity (Wildman–Crippen MR) is 60.0 cm³/mol. The molecule has 1 aromatic rings. The molecule has 1 heterocycles. The molecular formula is C9H11ClN4O2. The Kier molecular flexibility index (Phi) is 4.07. The Morgan fingerprint density at radius 3 is 2.94 bits per heavy atom. The molecule has 1 aromatic heterocycles. The van der Waals surface area contributed by atoms with Crippen LogP contribution in [-0.4, -0.2) is 21.9 Å². The van der Waals surface area contributed by atoms with Crippen LogP contribution in [0.2, 0.25) is 5.15 Å². The number of hydrogen-bond acceptors (Lipinski definition) is 5. The van der Waals surface area contributed by atoms with E-state index in [-0.39, 0.29) is 5.82 Å². The minimum Gasteiger partial charge on any atom is -0.380 e. The fraction of sp³-hybridized carbons (Fsp3) is 0.222. The first-order valence-corrected chi connectivity index (χ1v) is 4.79. The van der Waals surface area contributed by atoms with Crippen LogP contribution in [-0.2, 0) is 6.54 Å². The van der Waals surface area contributed by atoms with Gasteiger partial charge in [0.15, 0.2) is 5.82 Å². The summed E-state index contributed by atoms with van der Waals surface area (Å²) in [5.41, 5.74) is 6.36. The number of halogens is 1. The second-order valence-corrected chi connectivity index (χ2v) is 3.57. The molecule has 0 aliphatic heterocycles. The van der Waals surface area contributed by atoms with Crippen molar-refractivity contribution in [3.8, 4) is 0 Å². The number of pyridine rings is 1. The van der Waals surface area contributed by atoms with Gasteiger partial charge in [-0.15, -0.1) is 0 Å². The van der Waals surface area contributed by atoms with Crippen molar-refractivity contribution in [3.05, 3.63) is 51.2 Å². The minimum atomic E-state index is -0.591. The van der Waals surface area contributed by atoms with Gasteiger partial charge in [-0.3, -0.25) is 10.1 Å². The van der Waals surface area contributed by atoms with E-state index in [4.69, 9.17) is 17.3 Å². The number of rotatable bonds is 4. The van der Waals surface area contributed by atoms with Crippen LogP contribution in [0.15, 0.2) is 30.4 Å². The van der Waals surface area contributed by atoms with Crippen LogP contribution in [0.3, 0.4) is 0 Å². The summed E-state index contributed by atoms with van der Waals surface area (Å²) >= 11 is 5.63. The molecule has 0 radical (unpaired) electrons. The predicted octanol–water partition coefficient (Wildman–Crippen LogP) is 1.20. The molecule has 0 aliphatic carbocycles. The van der Waals surface area contributed by atoms with Gasteiger partial charge >= 0.3 is 0 Å².